The molecule has 0 saturated heterocycles. The van der Waals surface area contributed by atoms with Crippen molar-refractivity contribution in [1.82, 2.24) is 5.32 Å². The Bertz CT molecular complexity index is 257. The normalized spacial score (nSPS) is 13.6. The van der Waals surface area contributed by atoms with E-state index in [0.29, 0.717) is 18.9 Å². The van der Waals surface area contributed by atoms with Gasteiger partial charge in [-0.1, -0.05) is 13.8 Å². The Morgan fingerprint density at radius 2 is 1.86 bits per heavy atom. The predicted molar refractivity (Wildman–Crippen MR) is 58.0 cm³/mol. The van der Waals surface area contributed by atoms with E-state index in [0.717, 1.165) is 0 Å². The molecule has 5 heteroatoms. The number of nitrogens with one attached hydrogen (secondary N) is 1. The Labute approximate surface area is 86.8 Å². The summed E-state index contributed by atoms with van der Waals surface area (Å²) in [6.07, 6.45) is 0.439. The molecule has 0 atom stereocenters. The van der Waals surface area contributed by atoms with Crippen LogP contribution in [0.3, 0.4) is 0 Å². The first-order chi connectivity index (χ1) is 6.15. The molecule has 0 radical (unpaired) electrons. The molecule has 4 nitrogen and oxygen atoms in total. The highest BCUT2D eigenvalue weighted by Gasteiger charge is 2.20. The van der Waals surface area contributed by atoms with E-state index in [4.69, 9.17) is 4.55 Å². The molecule has 0 unspecified atom stereocenters. The van der Waals surface area contributed by atoms with Gasteiger partial charge in [-0.15, -0.1) is 0 Å². The van der Waals surface area contributed by atoms with Gasteiger partial charge < -0.3 is 5.32 Å². The maximum absolute atomic E-state index is 10.4. The van der Waals surface area contributed by atoms with Gasteiger partial charge in [0.1, 0.15) is 0 Å². The molecule has 0 aromatic heterocycles. The van der Waals surface area contributed by atoms with Crippen LogP contribution >= 0.6 is 0 Å². The fourth-order valence-corrected chi connectivity index (χ4v) is 1.38. The van der Waals surface area contributed by atoms with E-state index in [1.807, 2.05) is 0 Å². The third-order valence-electron chi connectivity index (χ3n) is 2.60. The van der Waals surface area contributed by atoms with Crippen molar-refractivity contribution in [3.63, 3.8) is 0 Å². The van der Waals surface area contributed by atoms with Gasteiger partial charge in [-0.25, -0.2) is 0 Å². The summed E-state index contributed by atoms with van der Waals surface area (Å²) in [5, 5.41) is 3.26. The van der Waals surface area contributed by atoms with Gasteiger partial charge in [0.05, 0.1) is 5.75 Å². The monoisotopic (exact) mass is 223 g/mol. The van der Waals surface area contributed by atoms with Gasteiger partial charge in [0.2, 0.25) is 0 Å². The van der Waals surface area contributed by atoms with Crippen LogP contribution in [-0.2, 0) is 10.1 Å². The quantitative estimate of drug-likeness (QED) is 0.526. The van der Waals surface area contributed by atoms with Crippen molar-refractivity contribution < 1.29 is 13.0 Å². The summed E-state index contributed by atoms with van der Waals surface area (Å²) in [4.78, 5) is 0. The highest BCUT2D eigenvalue weighted by atomic mass is 32.2. The van der Waals surface area contributed by atoms with Crippen LogP contribution in [0.15, 0.2) is 0 Å². The van der Waals surface area contributed by atoms with Crippen LogP contribution in [0.4, 0.5) is 0 Å². The first kappa shape index (κ1) is 13.9. The zero-order chi connectivity index (χ0) is 11.4. The molecule has 0 spiro atoms. The smallest absolute Gasteiger partial charge is 0.264 e. The molecule has 0 aliphatic carbocycles. The summed E-state index contributed by atoms with van der Waals surface area (Å²) in [7, 11) is -3.80. The van der Waals surface area contributed by atoms with Crippen molar-refractivity contribution in [1.29, 1.82) is 0 Å². The molecule has 14 heavy (non-hydrogen) atoms. The van der Waals surface area contributed by atoms with Crippen LogP contribution in [0.2, 0.25) is 0 Å². The molecule has 0 aliphatic heterocycles. The second kappa shape index (κ2) is 5.09. The summed E-state index contributed by atoms with van der Waals surface area (Å²) >= 11 is 0. The second-order valence-electron chi connectivity index (χ2n) is 4.44. The molecule has 0 rings (SSSR count). The summed E-state index contributed by atoms with van der Waals surface area (Å²) in [6.45, 7) is 8.97. The van der Waals surface area contributed by atoms with E-state index in [2.05, 4.69) is 33.0 Å². The first-order valence-electron chi connectivity index (χ1n) is 4.85. The Kier molecular flexibility index (Phi) is 5.05. The summed E-state index contributed by atoms with van der Waals surface area (Å²) in [6, 6.07) is 0. The Hall–Kier alpha value is -0.130. The topological polar surface area (TPSA) is 66.4 Å². The van der Waals surface area contributed by atoms with Gasteiger partial charge >= 0.3 is 0 Å². The second-order valence-corrected chi connectivity index (χ2v) is 6.01. The molecule has 0 saturated carbocycles. The van der Waals surface area contributed by atoms with Crippen LogP contribution in [0.1, 0.15) is 34.1 Å². The van der Waals surface area contributed by atoms with E-state index >= 15 is 0 Å². The lowest BCUT2D eigenvalue weighted by Gasteiger charge is -2.30. The standard InChI is InChI=1S/C9H21NO3S/c1-8(2)9(3,4)10-6-5-7-14(11,12)13/h8,10H,5-7H2,1-4H3,(H,11,12,13). The van der Waals surface area contributed by atoms with Gasteiger partial charge in [0.25, 0.3) is 10.1 Å². The average molecular weight is 223 g/mol. The molecule has 2 N–H and O–H groups in total. The van der Waals surface area contributed by atoms with Crippen molar-refractivity contribution in [3.05, 3.63) is 0 Å². The zero-order valence-electron chi connectivity index (χ0n) is 9.37. The van der Waals surface area contributed by atoms with Gasteiger partial charge in [-0.3, -0.25) is 4.55 Å². The Morgan fingerprint density at radius 3 is 2.21 bits per heavy atom. The molecular formula is C9H21NO3S. The van der Waals surface area contributed by atoms with Crippen molar-refractivity contribution in [2.24, 2.45) is 5.92 Å². The Balaban J connectivity index is 3.76. The summed E-state index contributed by atoms with van der Waals surface area (Å²) in [5.41, 5.74) is -0.000776. The largest absolute Gasteiger partial charge is 0.312 e. The van der Waals surface area contributed by atoms with Crippen molar-refractivity contribution in [3.8, 4) is 0 Å². The SMILES string of the molecule is CC(C)C(C)(C)NCCCS(=O)(=O)O. The van der Waals surface area contributed by atoms with Crippen LogP contribution in [0.25, 0.3) is 0 Å². The highest BCUT2D eigenvalue weighted by molar-refractivity contribution is 7.85. The molecule has 0 bridgehead atoms. The van der Waals surface area contributed by atoms with Gasteiger partial charge in [0, 0.05) is 5.54 Å². The zero-order valence-corrected chi connectivity index (χ0v) is 10.2. The maximum atomic E-state index is 10.4. The molecule has 0 fully saturated rings. The van der Waals surface area contributed by atoms with E-state index in [1.165, 1.54) is 0 Å². The molecule has 0 aromatic carbocycles. The minimum atomic E-state index is -3.80. The lowest BCUT2D eigenvalue weighted by Crippen LogP contribution is -2.44. The number of hydrogen-bond acceptors (Lipinski definition) is 3. The molecule has 0 aromatic rings. The molecule has 0 amide bonds. The highest BCUT2D eigenvalue weighted by Crippen LogP contribution is 2.14. The number of hydrogen-bond donors (Lipinski definition) is 2. The van der Waals surface area contributed by atoms with E-state index in [1.54, 1.807) is 0 Å². The third kappa shape index (κ3) is 6.34. The minimum absolute atomic E-state index is 0.000776. The summed E-state index contributed by atoms with van der Waals surface area (Å²) in [5.74, 6) is 0.307. The molecule has 0 aliphatic rings. The lowest BCUT2D eigenvalue weighted by molar-refractivity contribution is 0.289. The predicted octanol–water partition coefficient (Wildman–Crippen LogP) is 1.29. The van der Waals surface area contributed by atoms with Crippen molar-refractivity contribution in [2.75, 3.05) is 12.3 Å². The van der Waals surface area contributed by atoms with Gasteiger partial charge in [-0.2, -0.15) is 8.42 Å². The molecular weight excluding hydrogens is 202 g/mol. The van der Waals surface area contributed by atoms with Crippen LogP contribution < -0.4 is 5.32 Å². The lowest BCUT2D eigenvalue weighted by atomic mass is 9.91. The van der Waals surface area contributed by atoms with Crippen LogP contribution in [0, 0.1) is 5.92 Å². The third-order valence-corrected chi connectivity index (χ3v) is 3.41. The van der Waals surface area contributed by atoms with E-state index in [-0.39, 0.29) is 11.3 Å². The van der Waals surface area contributed by atoms with Crippen LogP contribution in [0.5, 0.6) is 0 Å². The van der Waals surface area contributed by atoms with Crippen molar-refractivity contribution in [2.45, 2.75) is 39.7 Å². The first-order valence-corrected chi connectivity index (χ1v) is 6.46. The fourth-order valence-electron chi connectivity index (χ4n) is 0.869. The van der Waals surface area contributed by atoms with E-state index < -0.39 is 10.1 Å². The summed E-state index contributed by atoms with van der Waals surface area (Å²) < 4.78 is 29.3. The van der Waals surface area contributed by atoms with Gasteiger partial charge in [0.15, 0.2) is 0 Å². The van der Waals surface area contributed by atoms with Crippen molar-refractivity contribution >= 4 is 10.1 Å². The van der Waals surface area contributed by atoms with E-state index in [9.17, 15) is 8.42 Å². The average Bonchev–Trinajstić information content (AvgIpc) is 1.96. The Morgan fingerprint density at radius 1 is 1.36 bits per heavy atom. The number of rotatable bonds is 6. The van der Waals surface area contributed by atoms with Crippen LogP contribution in [-0.4, -0.2) is 30.8 Å². The fraction of sp³-hybridized carbons (Fsp3) is 1.00. The maximum Gasteiger partial charge on any atom is 0.264 e. The molecule has 86 valence electrons. The minimum Gasteiger partial charge on any atom is -0.312 e. The van der Waals surface area contributed by atoms with Gasteiger partial charge in [-0.05, 0) is 32.7 Å². The molecule has 0 heterocycles.